The zero-order valence-electron chi connectivity index (χ0n) is 12.6. The van der Waals surface area contributed by atoms with Gasteiger partial charge in [-0.25, -0.2) is 8.42 Å². The highest BCUT2D eigenvalue weighted by Gasteiger charge is 2.28. The molecule has 1 saturated heterocycles. The fourth-order valence-electron chi connectivity index (χ4n) is 2.73. The second-order valence-corrected chi connectivity index (χ2v) is 8.71. The molecule has 0 unspecified atom stereocenters. The van der Waals surface area contributed by atoms with E-state index in [-0.39, 0.29) is 0 Å². The molecule has 4 nitrogen and oxygen atoms in total. The van der Waals surface area contributed by atoms with Crippen molar-refractivity contribution in [1.82, 2.24) is 9.21 Å². The van der Waals surface area contributed by atoms with Crippen LogP contribution in [0.2, 0.25) is 0 Å². The van der Waals surface area contributed by atoms with E-state index in [1.165, 1.54) is 22.5 Å². The van der Waals surface area contributed by atoms with E-state index in [4.69, 9.17) is 0 Å². The molecular formula is C16H20N2O2S2. The summed E-state index contributed by atoms with van der Waals surface area (Å²) in [6, 6.07) is 11.9. The summed E-state index contributed by atoms with van der Waals surface area (Å²) in [5, 5.41) is 1.81. The highest BCUT2D eigenvalue weighted by Crippen LogP contribution is 2.22. The second kappa shape index (κ2) is 6.50. The first-order valence-electron chi connectivity index (χ1n) is 7.37. The number of hydrogen-bond donors (Lipinski definition) is 0. The molecule has 0 aliphatic carbocycles. The molecule has 1 aliphatic heterocycles. The van der Waals surface area contributed by atoms with Crippen molar-refractivity contribution in [2.75, 3.05) is 26.2 Å². The maximum absolute atomic E-state index is 12.5. The van der Waals surface area contributed by atoms with Gasteiger partial charge in [0.2, 0.25) is 0 Å². The van der Waals surface area contributed by atoms with Crippen LogP contribution in [0.25, 0.3) is 0 Å². The Morgan fingerprint density at radius 1 is 1.09 bits per heavy atom. The molecule has 6 heteroatoms. The molecule has 0 spiro atoms. The van der Waals surface area contributed by atoms with E-state index in [9.17, 15) is 8.42 Å². The van der Waals surface area contributed by atoms with Gasteiger partial charge in [0.25, 0.3) is 10.0 Å². The third-order valence-corrected chi connectivity index (χ3v) is 7.18. The highest BCUT2D eigenvalue weighted by atomic mass is 32.2. The fourth-order valence-corrected chi connectivity index (χ4v) is 5.30. The Bertz CT molecular complexity index is 718. The van der Waals surface area contributed by atoms with Crippen LogP contribution < -0.4 is 0 Å². The molecule has 22 heavy (non-hydrogen) atoms. The van der Waals surface area contributed by atoms with Crippen molar-refractivity contribution in [3.05, 3.63) is 52.9 Å². The smallest absolute Gasteiger partial charge is 0.252 e. The third-order valence-electron chi connectivity index (χ3n) is 3.91. The number of sulfonamides is 1. The molecule has 0 N–H and O–H groups in total. The molecule has 1 fully saturated rings. The third kappa shape index (κ3) is 3.41. The number of rotatable bonds is 4. The van der Waals surface area contributed by atoms with E-state index >= 15 is 0 Å². The quantitative estimate of drug-likeness (QED) is 0.861. The van der Waals surface area contributed by atoms with Crippen LogP contribution in [0.5, 0.6) is 0 Å². The van der Waals surface area contributed by atoms with Crippen molar-refractivity contribution in [3.63, 3.8) is 0 Å². The average molecular weight is 336 g/mol. The summed E-state index contributed by atoms with van der Waals surface area (Å²) in [5.41, 5.74) is 2.55. The molecule has 2 heterocycles. The number of hydrogen-bond acceptors (Lipinski definition) is 4. The Balaban J connectivity index is 1.61. The van der Waals surface area contributed by atoms with Crippen molar-refractivity contribution < 1.29 is 8.42 Å². The lowest BCUT2D eigenvalue weighted by Crippen LogP contribution is -2.48. The van der Waals surface area contributed by atoms with Crippen molar-refractivity contribution >= 4 is 21.4 Å². The van der Waals surface area contributed by atoms with Crippen LogP contribution in [-0.4, -0.2) is 43.8 Å². The van der Waals surface area contributed by atoms with Crippen LogP contribution in [-0.2, 0) is 16.6 Å². The normalized spacial score (nSPS) is 17.7. The number of nitrogens with zero attached hydrogens (tertiary/aromatic N) is 2. The lowest BCUT2D eigenvalue weighted by molar-refractivity contribution is 0.182. The Hall–Kier alpha value is -1.21. The topological polar surface area (TPSA) is 40.6 Å². The number of thiophene rings is 1. The van der Waals surface area contributed by atoms with Gasteiger partial charge in [-0.3, -0.25) is 4.90 Å². The van der Waals surface area contributed by atoms with E-state index in [1.807, 2.05) is 0 Å². The zero-order chi connectivity index (χ0) is 15.6. The van der Waals surface area contributed by atoms with E-state index in [0.717, 1.165) is 19.6 Å². The van der Waals surface area contributed by atoms with Crippen molar-refractivity contribution in [2.24, 2.45) is 0 Å². The number of aryl methyl sites for hydroxylation is 1. The predicted molar refractivity (Wildman–Crippen MR) is 89.5 cm³/mol. The molecule has 0 amide bonds. The monoisotopic (exact) mass is 336 g/mol. The fraction of sp³-hybridized carbons (Fsp3) is 0.375. The molecule has 0 atom stereocenters. The van der Waals surface area contributed by atoms with Crippen molar-refractivity contribution in [2.45, 2.75) is 17.7 Å². The first-order valence-corrected chi connectivity index (χ1v) is 9.69. The summed E-state index contributed by atoms with van der Waals surface area (Å²) in [4.78, 5) is 2.31. The molecule has 0 bridgehead atoms. The molecule has 118 valence electrons. The summed E-state index contributed by atoms with van der Waals surface area (Å²) in [7, 11) is -3.30. The molecule has 1 aromatic heterocycles. The van der Waals surface area contributed by atoms with E-state index < -0.39 is 10.0 Å². The Morgan fingerprint density at radius 3 is 2.50 bits per heavy atom. The van der Waals surface area contributed by atoms with Gasteiger partial charge in [0.05, 0.1) is 0 Å². The van der Waals surface area contributed by atoms with Crippen LogP contribution in [0.4, 0.5) is 0 Å². The molecule has 1 aliphatic rings. The van der Waals surface area contributed by atoms with Crippen LogP contribution >= 0.6 is 11.3 Å². The van der Waals surface area contributed by atoms with Gasteiger partial charge < -0.3 is 0 Å². The molecule has 2 aromatic rings. The minimum atomic E-state index is -3.30. The zero-order valence-corrected chi connectivity index (χ0v) is 14.2. The van der Waals surface area contributed by atoms with Gasteiger partial charge in [-0.2, -0.15) is 4.31 Å². The van der Waals surface area contributed by atoms with Crippen LogP contribution in [0, 0.1) is 6.92 Å². The van der Waals surface area contributed by atoms with Crippen LogP contribution in [0.1, 0.15) is 11.1 Å². The van der Waals surface area contributed by atoms with Gasteiger partial charge in [0, 0.05) is 32.7 Å². The van der Waals surface area contributed by atoms with Gasteiger partial charge in [0.15, 0.2) is 0 Å². The Labute approximate surface area is 136 Å². The summed E-state index contributed by atoms with van der Waals surface area (Å²) >= 11 is 1.29. The molecule has 0 radical (unpaired) electrons. The van der Waals surface area contributed by atoms with Crippen LogP contribution in [0.15, 0.2) is 46.0 Å². The largest absolute Gasteiger partial charge is 0.296 e. The van der Waals surface area contributed by atoms with Gasteiger partial charge in [-0.15, -0.1) is 11.3 Å². The summed E-state index contributed by atoms with van der Waals surface area (Å²) in [5.74, 6) is 0. The first kappa shape index (κ1) is 15.7. The predicted octanol–water partition coefficient (Wildman–Crippen LogP) is 2.56. The summed E-state index contributed by atoms with van der Waals surface area (Å²) < 4.78 is 27.0. The molecule has 0 saturated carbocycles. The van der Waals surface area contributed by atoms with Crippen molar-refractivity contribution in [3.8, 4) is 0 Å². The van der Waals surface area contributed by atoms with E-state index in [0.29, 0.717) is 17.3 Å². The van der Waals surface area contributed by atoms with Crippen molar-refractivity contribution in [1.29, 1.82) is 0 Å². The number of benzene rings is 1. The lowest BCUT2D eigenvalue weighted by Gasteiger charge is -2.33. The first-order chi connectivity index (χ1) is 10.6. The maximum atomic E-state index is 12.5. The lowest BCUT2D eigenvalue weighted by atomic mass is 10.1. The van der Waals surface area contributed by atoms with E-state index in [2.05, 4.69) is 36.1 Å². The molecule has 3 rings (SSSR count). The second-order valence-electron chi connectivity index (χ2n) is 5.60. The maximum Gasteiger partial charge on any atom is 0.252 e. The van der Waals surface area contributed by atoms with Crippen LogP contribution in [0.3, 0.4) is 0 Å². The summed E-state index contributed by atoms with van der Waals surface area (Å²) in [6.07, 6.45) is 0. The summed E-state index contributed by atoms with van der Waals surface area (Å²) in [6.45, 7) is 5.65. The Morgan fingerprint density at radius 2 is 1.86 bits per heavy atom. The highest BCUT2D eigenvalue weighted by molar-refractivity contribution is 7.91. The van der Waals surface area contributed by atoms with Gasteiger partial charge in [-0.05, 0) is 23.9 Å². The SMILES string of the molecule is Cc1cccc(CN2CCN(S(=O)(=O)c3cccs3)CC2)c1. The number of piperazine rings is 1. The van der Waals surface area contributed by atoms with Gasteiger partial charge in [-0.1, -0.05) is 35.9 Å². The molecular weight excluding hydrogens is 316 g/mol. The Kier molecular flexibility index (Phi) is 4.63. The van der Waals surface area contributed by atoms with Gasteiger partial charge in [0.1, 0.15) is 4.21 Å². The standard InChI is InChI=1S/C16H20N2O2S2/c1-14-4-2-5-15(12-14)13-17-7-9-18(10-8-17)22(19,20)16-6-3-11-21-16/h2-6,11-12H,7-10,13H2,1H3. The average Bonchev–Trinajstić information content (AvgIpc) is 3.03. The van der Waals surface area contributed by atoms with E-state index in [1.54, 1.807) is 21.8 Å². The van der Waals surface area contributed by atoms with Gasteiger partial charge >= 0.3 is 0 Å². The molecule has 1 aromatic carbocycles. The minimum absolute atomic E-state index is 0.444. The minimum Gasteiger partial charge on any atom is -0.296 e.